The van der Waals surface area contributed by atoms with Gasteiger partial charge in [0, 0.05) is 11.4 Å². The van der Waals surface area contributed by atoms with E-state index < -0.39 is 0 Å². The van der Waals surface area contributed by atoms with Crippen LogP contribution in [-0.2, 0) is 17.6 Å². The number of aryl methyl sites for hydroxylation is 1. The second kappa shape index (κ2) is 9.40. The Hall–Kier alpha value is -1.51. The second-order valence-electron chi connectivity index (χ2n) is 5.34. The minimum atomic E-state index is 0.765. The number of rotatable bonds is 10. The molecule has 0 radical (unpaired) electrons. The normalized spacial score (nSPS) is 10.5. The van der Waals surface area contributed by atoms with Gasteiger partial charge in [0.25, 0.3) is 0 Å². The van der Waals surface area contributed by atoms with Crippen molar-refractivity contribution in [2.75, 3.05) is 11.1 Å². The Morgan fingerprint density at radius 1 is 1.05 bits per heavy atom. The zero-order valence-electron chi connectivity index (χ0n) is 12.9. The number of nitrogen functional groups attached to an aromatic ring is 1. The third-order valence-corrected chi connectivity index (χ3v) is 3.72. The number of nitrogens with two attached hydrogens (primary N) is 1. The molecule has 0 saturated heterocycles. The van der Waals surface area contributed by atoms with Gasteiger partial charge in [-0.3, -0.25) is 4.79 Å². The van der Waals surface area contributed by atoms with Gasteiger partial charge in [-0.15, -0.1) is 0 Å². The topological polar surface area (TPSA) is 55.1 Å². The molecule has 0 fully saturated rings. The molecule has 0 spiro atoms. The fourth-order valence-corrected chi connectivity index (χ4v) is 2.55. The van der Waals surface area contributed by atoms with Crippen molar-refractivity contribution < 1.29 is 4.79 Å². The quantitative estimate of drug-likeness (QED) is 0.380. The third kappa shape index (κ3) is 4.87. The highest BCUT2D eigenvalue weighted by molar-refractivity contribution is 5.79. The maximum atomic E-state index is 10.9. The van der Waals surface area contributed by atoms with E-state index in [2.05, 4.69) is 25.2 Å². The maximum absolute atomic E-state index is 10.9. The lowest BCUT2D eigenvalue weighted by Gasteiger charge is -2.16. The van der Waals surface area contributed by atoms with Gasteiger partial charge < -0.3 is 11.1 Å². The first-order valence-corrected chi connectivity index (χ1v) is 7.85. The summed E-state index contributed by atoms with van der Waals surface area (Å²) in [5, 5.41) is 2.88. The fourth-order valence-electron chi connectivity index (χ4n) is 2.55. The molecular formula is C17H28N2O. The van der Waals surface area contributed by atoms with E-state index in [1.54, 1.807) is 0 Å². The molecule has 112 valence electrons. The summed E-state index contributed by atoms with van der Waals surface area (Å²) >= 11 is 0. The molecule has 1 rings (SSSR count). The van der Waals surface area contributed by atoms with Crippen LogP contribution in [0.25, 0.3) is 0 Å². The molecule has 20 heavy (non-hydrogen) atoms. The SMILES string of the molecule is CCCCCc1ccc(N)c(CCCCC)c1NC=O. The predicted octanol–water partition coefficient (Wildman–Crippen LogP) is 4.30. The highest BCUT2D eigenvalue weighted by atomic mass is 16.1. The predicted molar refractivity (Wildman–Crippen MR) is 87.0 cm³/mol. The third-order valence-electron chi connectivity index (χ3n) is 3.72. The molecule has 1 aromatic carbocycles. The number of hydrogen-bond acceptors (Lipinski definition) is 2. The van der Waals surface area contributed by atoms with Crippen molar-refractivity contribution in [3.63, 3.8) is 0 Å². The molecular weight excluding hydrogens is 248 g/mol. The summed E-state index contributed by atoms with van der Waals surface area (Å²) in [6.07, 6.45) is 9.79. The molecule has 3 N–H and O–H groups in total. The van der Waals surface area contributed by atoms with Crippen LogP contribution in [0, 0.1) is 0 Å². The van der Waals surface area contributed by atoms with E-state index in [9.17, 15) is 4.79 Å². The Bertz CT molecular complexity index is 416. The standard InChI is InChI=1S/C17H28N2O/c1-3-5-7-9-14-11-12-16(18)15(10-8-6-4-2)17(14)19-13-20/h11-13H,3-10,18H2,1-2H3,(H,19,20). The van der Waals surface area contributed by atoms with Gasteiger partial charge in [-0.05, 0) is 42.9 Å². The van der Waals surface area contributed by atoms with Gasteiger partial charge in [-0.1, -0.05) is 45.6 Å². The van der Waals surface area contributed by atoms with E-state index in [1.165, 1.54) is 31.2 Å². The zero-order valence-corrected chi connectivity index (χ0v) is 12.9. The Morgan fingerprint density at radius 2 is 1.70 bits per heavy atom. The van der Waals surface area contributed by atoms with Crippen molar-refractivity contribution in [3.05, 3.63) is 23.3 Å². The van der Waals surface area contributed by atoms with E-state index in [0.29, 0.717) is 0 Å². The average molecular weight is 276 g/mol. The summed E-state index contributed by atoms with van der Waals surface area (Å²) in [7, 11) is 0. The zero-order chi connectivity index (χ0) is 14.8. The Labute approximate surface area is 122 Å². The molecule has 0 aliphatic heterocycles. The lowest BCUT2D eigenvalue weighted by atomic mass is 9.96. The van der Waals surface area contributed by atoms with Crippen molar-refractivity contribution in [3.8, 4) is 0 Å². The van der Waals surface area contributed by atoms with Gasteiger partial charge in [0.05, 0.1) is 0 Å². The van der Waals surface area contributed by atoms with Gasteiger partial charge in [0.1, 0.15) is 0 Å². The minimum Gasteiger partial charge on any atom is -0.398 e. The Balaban J connectivity index is 2.92. The molecule has 1 aromatic rings. The number of amides is 1. The van der Waals surface area contributed by atoms with Crippen molar-refractivity contribution in [2.45, 2.75) is 65.2 Å². The van der Waals surface area contributed by atoms with Gasteiger partial charge in [-0.2, -0.15) is 0 Å². The van der Waals surface area contributed by atoms with Gasteiger partial charge in [-0.25, -0.2) is 0 Å². The van der Waals surface area contributed by atoms with Gasteiger partial charge in [0.2, 0.25) is 6.41 Å². The van der Waals surface area contributed by atoms with Crippen LogP contribution >= 0.6 is 0 Å². The molecule has 0 saturated carbocycles. The van der Waals surface area contributed by atoms with Crippen LogP contribution < -0.4 is 11.1 Å². The van der Waals surface area contributed by atoms with Crippen LogP contribution in [0.3, 0.4) is 0 Å². The van der Waals surface area contributed by atoms with E-state index in [1.807, 2.05) is 6.07 Å². The summed E-state index contributed by atoms with van der Waals surface area (Å²) in [4.78, 5) is 10.9. The highest BCUT2D eigenvalue weighted by Gasteiger charge is 2.11. The van der Waals surface area contributed by atoms with Crippen LogP contribution in [0.15, 0.2) is 12.1 Å². The first kappa shape index (κ1) is 16.5. The van der Waals surface area contributed by atoms with Crippen LogP contribution in [-0.4, -0.2) is 6.41 Å². The van der Waals surface area contributed by atoms with Crippen molar-refractivity contribution in [1.82, 2.24) is 0 Å². The minimum absolute atomic E-state index is 0.765. The summed E-state index contributed by atoms with van der Waals surface area (Å²) in [6, 6.07) is 4.04. The van der Waals surface area contributed by atoms with E-state index in [0.717, 1.165) is 49.0 Å². The van der Waals surface area contributed by atoms with Crippen molar-refractivity contribution in [1.29, 1.82) is 0 Å². The molecule has 3 heteroatoms. The van der Waals surface area contributed by atoms with Gasteiger partial charge in [0.15, 0.2) is 0 Å². The van der Waals surface area contributed by atoms with Crippen LogP contribution in [0.5, 0.6) is 0 Å². The number of carbonyl (C=O) groups excluding carboxylic acids is 1. The number of carbonyl (C=O) groups is 1. The van der Waals surface area contributed by atoms with E-state index in [-0.39, 0.29) is 0 Å². The first-order valence-electron chi connectivity index (χ1n) is 7.85. The lowest BCUT2D eigenvalue weighted by Crippen LogP contribution is -2.07. The molecule has 0 atom stereocenters. The largest absolute Gasteiger partial charge is 0.398 e. The highest BCUT2D eigenvalue weighted by Crippen LogP contribution is 2.29. The number of anilines is 2. The van der Waals surface area contributed by atoms with Gasteiger partial charge >= 0.3 is 0 Å². The average Bonchev–Trinajstić information content (AvgIpc) is 2.45. The molecule has 1 amide bonds. The molecule has 0 heterocycles. The number of nitrogens with one attached hydrogen (secondary N) is 1. The van der Waals surface area contributed by atoms with Crippen molar-refractivity contribution >= 4 is 17.8 Å². The second-order valence-corrected chi connectivity index (χ2v) is 5.34. The fraction of sp³-hybridized carbons (Fsp3) is 0.588. The molecule has 0 bridgehead atoms. The number of hydrogen-bond donors (Lipinski definition) is 2. The monoisotopic (exact) mass is 276 g/mol. The Kier molecular flexibility index (Phi) is 7.78. The summed E-state index contributed by atoms with van der Waals surface area (Å²) in [5.74, 6) is 0. The van der Waals surface area contributed by atoms with Crippen LogP contribution in [0.4, 0.5) is 11.4 Å². The van der Waals surface area contributed by atoms with E-state index >= 15 is 0 Å². The summed E-state index contributed by atoms with van der Waals surface area (Å²) < 4.78 is 0. The number of benzene rings is 1. The molecule has 0 aliphatic carbocycles. The molecule has 0 aliphatic rings. The van der Waals surface area contributed by atoms with Crippen LogP contribution in [0.1, 0.15) is 63.5 Å². The van der Waals surface area contributed by atoms with Crippen molar-refractivity contribution in [2.24, 2.45) is 0 Å². The lowest BCUT2D eigenvalue weighted by molar-refractivity contribution is -0.105. The van der Waals surface area contributed by atoms with E-state index in [4.69, 9.17) is 5.73 Å². The smallest absolute Gasteiger partial charge is 0.211 e. The van der Waals surface area contributed by atoms with Crippen LogP contribution in [0.2, 0.25) is 0 Å². The summed E-state index contributed by atoms with van der Waals surface area (Å²) in [6.45, 7) is 4.39. The molecule has 0 aromatic heterocycles. The number of unbranched alkanes of at least 4 members (excludes halogenated alkanes) is 4. The maximum Gasteiger partial charge on any atom is 0.211 e. The first-order chi connectivity index (χ1) is 9.74. The molecule has 3 nitrogen and oxygen atoms in total. The summed E-state index contributed by atoms with van der Waals surface area (Å²) in [5.41, 5.74) is 10.2. The Morgan fingerprint density at radius 3 is 2.30 bits per heavy atom. The molecule has 0 unspecified atom stereocenters.